The zero-order chi connectivity index (χ0) is 23.1. The molecule has 32 heavy (non-hydrogen) atoms. The fraction of sp³-hybridized carbons (Fsp3) is 0.417. The molecule has 0 radical (unpaired) electrons. The summed E-state index contributed by atoms with van der Waals surface area (Å²) in [5.41, 5.74) is 2.00. The van der Waals surface area contributed by atoms with Crippen molar-refractivity contribution in [2.45, 2.75) is 43.9 Å². The lowest BCUT2D eigenvalue weighted by molar-refractivity contribution is -0.120. The van der Waals surface area contributed by atoms with E-state index in [9.17, 15) is 18.0 Å². The first-order chi connectivity index (χ1) is 15.4. The van der Waals surface area contributed by atoms with Crippen LogP contribution >= 0.6 is 0 Å². The molecule has 3 rings (SSSR count). The van der Waals surface area contributed by atoms with E-state index in [4.69, 9.17) is 4.74 Å². The van der Waals surface area contributed by atoms with Gasteiger partial charge >= 0.3 is 5.97 Å². The van der Waals surface area contributed by atoms with Crippen LogP contribution in [0.4, 0.5) is 5.69 Å². The third-order valence-corrected chi connectivity index (χ3v) is 7.73. The van der Waals surface area contributed by atoms with Crippen molar-refractivity contribution in [1.82, 2.24) is 4.31 Å². The highest BCUT2D eigenvalue weighted by atomic mass is 32.2. The minimum atomic E-state index is -3.87. The predicted molar refractivity (Wildman–Crippen MR) is 123 cm³/mol. The summed E-state index contributed by atoms with van der Waals surface area (Å²) in [7, 11) is -2.65. The molecule has 2 aromatic carbocycles. The lowest BCUT2D eigenvalue weighted by Crippen LogP contribution is -2.41. The van der Waals surface area contributed by atoms with Crippen LogP contribution in [0.3, 0.4) is 0 Å². The zero-order valence-electron chi connectivity index (χ0n) is 18.5. The maximum absolute atomic E-state index is 13.1. The number of hydrogen-bond donors (Lipinski definition) is 1. The highest BCUT2D eigenvalue weighted by Gasteiger charge is 2.34. The van der Waals surface area contributed by atoms with Crippen molar-refractivity contribution in [3.05, 3.63) is 59.7 Å². The van der Waals surface area contributed by atoms with Crippen molar-refractivity contribution < 1.29 is 22.7 Å². The van der Waals surface area contributed by atoms with E-state index in [0.717, 1.165) is 24.9 Å². The van der Waals surface area contributed by atoms with Crippen molar-refractivity contribution >= 4 is 27.6 Å². The molecule has 0 unspecified atom stereocenters. The van der Waals surface area contributed by atoms with Gasteiger partial charge in [0.25, 0.3) is 0 Å². The largest absolute Gasteiger partial charge is 0.465 e. The van der Waals surface area contributed by atoms with Crippen LogP contribution < -0.4 is 5.32 Å². The Morgan fingerprint density at radius 2 is 1.72 bits per heavy atom. The van der Waals surface area contributed by atoms with Crippen LogP contribution in [0.1, 0.15) is 48.5 Å². The Morgan fingerprint density at radius 1 is 1.06 bits per heavy atom. The number of benzene rings is 2. The first-order valence-electron chi connectivity index (χ1n) is 10.9. The van der Waals surface area contributed by atoms with Crippen LogP contribution in [0.25, 0.3) is 0 Å². The molecule has 0 spiro atoms. The topological polar surface area (TPSA) is 92.8 Å². The van der Waals surface area contributed by atoms with Gasteiger partial charge in [-0.2, -0.15) is 4.31 Å². The number of unbranched alkanes of at least 4 members (excludes halogenated alkanes) is 1. The standard InChI is InChI=1S/C24H30N2O5S/c1-3-4-7-18-10-12-20(13-11-18)25-23(27)19-14-16-26(17-15-19)32(29,30)22-9-6-5-8-21(22)24(28)31-2/h5-6,8-13,19H,3-4,7,14-17H2,1-2H3,(H,25,27). The van der Waals surface area contributed by atoms with Crippen molar-refractivity contribution in [1.29, 1.82) is 0 Å². The third-order valence-electron chi connectivity index (χ3n) is 5.78. The van der Waals surface area contributed by atoms with E-state index in [2.05, 4.69) is 12.2 Å². The van der Waals surface area contributed by atoms with Gasteiger partial charge in [0.2, 0.25) is 15.9 Å². The lowest BCUT2D eigenvalue weighted by Gasteiger charge is -2.31. The number of piperidine rings is 1. The second-order valence-electron chi connectivity index (χ2n) is 7.96. The minimum absolute atomic E-state index is 0.0113. The number of amides is 1. The number of carbonyl (C=O) groups is 2. The molecule has 2 aromatic rings. The van der Waals surface area contributed by atoms with Crippen LogP contribution in [0.15, 0.2) is 53.4 Å². The second kappa shape index (κ2) is 10.7. The van der Waals surface area contributed by atoms with E-state index < -0.39 is 16.0 Å². The first-order valence-corrected chi connectivity index (χ1v) is 12.4. The molecule has 1 fully saturated rings. The fourth-order valence-electron chi connectivity index (χ4n) is 3.85. The molecular weight excluding hydrogens is 428 g/mol. The maximum atomic E-state index is 13.1. The fourth-order valence-corrected chi connectivity index (χ4v) is 5.50. The van der Waals surface area contributed by atoms with Gasteiger partial charge in [0, 0.05) is 24.7 Å². The minimum Gasteiger partial charge on any atom is -0.465 e. The van der Waals surface area contributed by atoms with Crippen LogP contribution in [0, 0.1) is 5.92 Å². The lowest BCUT2D eigenvalue weighted by atomic mass is 9.97. The monoisotopic (exact) mass is 458 g/mol. The number of aryl methyl sites for hydroxylation is 1. The summed E-state index contributed by atoms with van der Waals surface area (Å²) >= 11 is 0. The number of carbonyl (C=O) groups excluding carboxylic acids is 2. The number of rotatable bonds is 8. The molecule has 1 amide bonds. The number of hydrogen-bond acceptors (Lipinski definition) is 5. The summed E-state index contributed by atoms with van der Waals surface area (Å²) in [6, 6.07) is 13.9. The molecular formula is C24H30N2O5S. The van der Waals surface area contributed by atoms with Crippen molar-refractivity contribution in [3.8, 4) is 0 Å². The Balaban J connectivity index is 1.61. The summed E-state index contributed by atoms with van der Waals surface area (Å²) in [6.45, 7) is 2.58. The Kier molecular flexibility index (Phi) is 8.04. The number of methoxy groups -OCH3 is 1. The highest BCUT2D eigenvalue weighted by Crippen LogP contribution is 2.27. The number of anilines is 1. The Morgan fingerprint density at radius 3 is 2.34 bits per heavy atom. The Hall–Kier alpha value is -2.71. The van der Waals surface area contributed by atoms with Gasteiger partial charge in [-0.1, -0.05) is 37.6 Å². The molecule has 0 aliphatic carbocycles. The van der Waals surface area contributed by atoms with E-state index >= 15 is 0 Å². The molecule has 0 atom stereocenters. The van der Waals surface area contributed by atoms with Crippen molar-refractivity contribution in [2.24, 2.45) is 5.92 Å². The molecule has 1 N–H and O–H groups in total. The summed E-state index contributed by atoms with van der Waals surface area (Å²) in [4.78, 5) is 24.6. The van der Waals surface area contributed by atoms with E-state index in [1.54, 1.807) is 12.1 Å². The predicted octanol–water partition coefficient (Wildman–Crippen LogP) is 3.86. The number of sulfonamides is 1. The number of ether oxygens (including phenoxy) is 1. The van der Waals surface area contributed by atoms with Crippen LogP contribution in [0.2, 0.25) is 0 Å². The Labute approximate surface area is 189 Å². The van der Waals surface area contributed by atoms with E-state index in [-0.39, 0.29) is 35.4 Å². The normalized spacial score (nSPS) is 15.3. The smallest absolute Gasteiger partial charge is 0.339 e. The molecule has 1 heterocycles. The van der Waals surface area contributed by atoms with Gasteiger partial charge in [-0.05, 0) is 55.5 Å². The second-order valence-corrected chi connectivity index (χ2v) is 9.86. The summed E-state index contributed by atoms with van der Waals surface area (Å²) in [5.74, 6) is -1.06. The number of esters is 1. The van der Waals surface area contributed by atoms with Crippen LogP contribution in [-0.2, 0) is 26.0 Å². The van der Waals surface area contributed by atoms with Crippen LogP contribution in [0.5, 0.6) is 0 Å². The average Bonchev–Trinajstić information content (AvgIpc) is 2.83. The van der Waals surface area contributed by atoms with E-state index in [0.29, 0.717) is 12.8 Å². The molecule has 1 aliphatic rings. The van der Waals surface area contributed by atoms with Crippen molar-refractivity contribution in [2.75, 3.05) is 25.5 Å². The molecule has 1 saturated heterocycles. The molecule has 0 saturated carbocycles. The summed E-state index contributed by atoms with van der Waals surface area (Å²) in [5, 5.41) is 2.94. The van der Waals surface area contributed by atoms with Gasteiger partial charge in [-0.3, -0.25) is 4.79 Å². The molecule has 1 aliphatic heterocycles. The zero-order valence-corrected chi connectivity index (χ0v) is 19.4. The molecule has 0 bridgehead atoms. The summed E-state index contributed by atoms with van der Waals surface area (Å²) < 4.78 is 32.3. The Bertz CT molecular complexity index is 1040. The van der Waals surface area contributed by atoms with E-state index in [1.807, 2.05) is 24.3 Å². The van der Waals surface area contributed by atoms with Gasteiger partial charge in [0.05, 0.1) is 17.6 Å². The maximum Gasteiger partial charge on any atom is 0.339 e. The SMILES string of the molecule is CCCCc1ccc(NC(=O)C2CCN(S(=O)(=O)c3ccccc3C(=O)OC)CC2)cc1. The number of nitrogens with one attached hydrogen (secondary N) is 1. The summed E-state index contributed by atoms with van der Waals surface area (Å²) in [6.07, 6.45) is 4.13. The van der Waals surface area contributed by atoms with Gasteiger partial charge in [0.1, 0.15) is 0 Å². The van der Waals surface area contributed by atoms with Gasteiger partial charge in [-0.25, -0.2) is 13.2 Å². The van der Waals surface area contributed by atoms with E-state index in [1.165, 1.54) is 29.1 Å². The molecule has 7 nitrogen and oxygen atoms in total. The third kappa shape index (κ3) is 5.55. The molecule has 172 valence electrons. The highest BCUT2D eigenvalue weighted by molar-refractivity contribution is 7.89. The van der Waals surface area contributed by atoms with Gasteiger partial charge < -0.3 is 10.1 Å². The molecule has 8 heteroatoms. The first kappa shape index (κ1) is 23.9. The van der Waals surface area contributed by atoms with Crippen molar-refractivity contribution in [3.63, 3.8) is 0 Å². The average molecular weight is 459 g/mol. The van der Waals surface area contributed by atoms with Crippen LogP contribution in [-0.4, -0.2) is 44.8 Å². The quantitative estimate of drug-likeness (QED) is 0.607. The number of nitrogens with zero attached hydrogens (tertiary/aromatic N) is 1. The van der Waals surface area contributed by atoms with Gasteiger partial charge in [-0.15, -0.1) is 0 Å². The molecule has 0 aromatic heterocycles. The van der Waals surface area contributed by atoms with Gasteiger partial charge in [0.15, 0.2) is 0 Å².